The van der Waals surface area contributed by atoms with Crippen LogP contribution >= 0.6 is 0 Å². The molecule has 0 aromatic heterocycles. The Morgan fingerprint density at radius 1 is 1.48 bits per heavy atom. The van der Waals surface area contributed by atoms with Gasteiger partial charge < -0.3 is 15.8 Å². The van der Waals surface area contributed by atoms with Crippen LogP contribution in [0.25, 0.3) is 0 Å². The van der Waals surface area contributed by atoms with Gasteiger partial charge in [-0.15, -0.1) is 0 Å². The molecule has 5 nitrogen and oxygen atoms in total. The summed E-state index contributed by atoms with van der Waals surface area (Å²) in [4.78, 5) is 14.3. The van der Waals surface area contributed by atoms with Crippen LogP contribution in [-0.2, 0) is 9.53 Å². The highest BCUT2D eigenvalue weighted by Gasteiger charge is 2.28. The van der Waals surface area contributed by atoms with Crippen LogP contribution in [0.4, 0.5) is 0 Å². The summed E-state index contributed by atoms with van der Waals surface area (Å²) >= 11 is 0. The molecule has 1 aliphatic rings. The first-order chi connectivity index (χ1) is 10.1. The molecule has 0 spiro atoms. The predicted octanol–water partition coefficient (Wildman–Crippen LogP) is 0.912. The molecule has 5 heteroatoms. The van der Waals surface area contributed by atoms with E-state index in [1.807, 2.05) is 6.07 Å². The summed E-state index contributed by atoms with van der Waals surface area (Å²) in [7, 11) is 1.55. The molecule has 0 bridgehead atoms. The maximum absolute atomic E-state index is 11.9. The number of amides is 1. The highest BCUT2D eigenvalue weighted by molar-refractivity contribution is 5.81. The van der Waals surface area contributed by atoms with Crippen molar-refractivity contribution in [2.24, 2.45) is 5.73 Å². The number of nitrogens with zero attached hydrogens (tertiary/aromatic N) is 1. The van der Waals surface area contributed by atoms with Gasteiger partial charge in [-0.25, -0.2) is 0 Å². The number of likely N-dealkylation sites (tertiary alicyclic amines) is 1. The lowest BCUT2D eigenvalue weighted by Crippen LogP contribution is -2.48. The molecule has 3 unspecified atom stereocenters. The van der Waals surface area contributed by atoms with Gasteiger partial charge in [0.25, 0.3) is 0 Å². The third-order valence-corrected chi connectivity index (χ3v) is 4.08. The van der Waals surface area contributed by atoms with E-state index < -0.39 is 6.04 Å². The van der Waals surface area contributed by atoms with Crippen molar-refractivity contribution in [3.8, 4) is 0 Å². The van der Waals surface area contributed by atoms with Crippen LogP contribution in [0.3, 0.4) is 0 Å². The fourth-order valence-electron chi connectivity index (χ4n) is 2.76. The highest BCUT2D eigenvalue weighted by Crippen LogP contribution is 2.24. The summed E-state index contributed by atoms with van der Waals surface area (Å²) in [5.74, 6) is -0.129. The minimum atomic E-state index is -0.587. The van der Waals surface area contributed by atoms with E-state index in [1.54, 1.807) is 7.11 Å². The molecule has 1 aromatic rings. The van der Waals surface area contributed by atoms with Crippen molar-refractivity contribution in [1.29, 1.82) is 0 Å². The van der Waals surface area contributed by atoms with Gasteiger partial charge in [-0.3, -0.25) is 9.69 Å². The zero-order chi connectivity index (χ0) is 15.2. The fourth-order valence-corrected chi connectivity index (χ4v) is 2.76. The molecule has 0 aliphatic carbocycles. The Labute approximate surface area is 126 Å². The van der Waals surface area contributed by atoms with Crippen molar-refractivity contribution >= 4 is 5.91 Å². The van der Waals surface area contributed by atoms with Crippen LogP contribution in [-0.4, -0.2) is 49.7 Å². The second kappa shape index (κ2) is 7.54. The van der Waals surface area contributed by atoms with Crippen LogP contribution < -0.4 is 11.1 Å². The molecule has 2 rings (SSSR count). The predicted molar refractivity (Wildman–Crippen MR) is 82.8 cm³/mol. The summed E-state index contributed by atoms with van der Waals surface area (Å²) < 4.78 is 4.91. The first-order valence-electron chi connectivity index (χ1n) is 7.45. The van der Waals surface area contributed by atoms with Gasteiger partial charge in [-0.1, -0.05) is 30.3 Å². The molecule has 1 amide bonds. The van der Waals surface area contributed by atoms with E-state index in [4.69, 9.17) is 10.5 Å². The number of benzene rings is 1. The number of methoxy groups -OCH3 is 1. The van der Waals surface area contributed by atoms with Gasteiger partial charge in [0.15, 0.2) is 0 Å². The minimum absolute atomic E-state index is 0.129. The van der Waals surface area contributed by atoms with E-state index in [0.717, 1.165) is 19.5 Å². The van der Waals surface area contributed by atoms with Crippen molar-refractivity contribution in [3.05, 3.63) is 35.9 Å². The molecule has 0 saturated carbocycles. The van der Waals surface area contributed by atoms with Crippen molar-refractivity contribution < 1.29 is 9.53 Å². The van der Waals surface area contributed by atoms with Gasteiger partial charge in [-0.2, -0.15) is 0 Å². The summed E-state index contributed by atoms with van der Waals surface area (Å²) in [6, 6.07) is 10.4. The number of rotatable bonds is 6. The van der Waals surface area contributed by atoms with Gasteiger partial charge >= 0.3 is 0 Å². The molecular weight excluding hydrogens is 266 g/mol. The Morgan fingerprint density at radius 3 is 2.86 bits per heavy atom. The average Bonchev–Trinajstić information content (AvgIpc) is 2.96. The fraction of sp³-hybridized carbons (Fsp3) is 0.562. The Morgan fingerprint density at radius 2 is 2.19 bits per heavy atom. The second-order valence-corrected chi connectivity index (χ2v) is 5.64. The number of hydrogen-bond donors (Lipinski definition) is 2. The molecule has 1 aromatic carbocycles. The van der Waals surface area contributed by atoms with E-state index in [9.17, 15) is 4.79 Å². The number of ether oxygens (including phenoxy) is 1. The summed E-state index contributed by atoms with van der Waals surface area (Å²) in [5.41, 5.74) is 7.05. The minimum Gasteiger partial charge on any atom is -0.383 e. The quantitative estimate of drug-likeness (QED) is 0.817. The van der Waals surface area contributed by atoms with Crippen molar-refractivity contribution in [2.75, 3.05) is 26.8 Å². The maximum Gasteiger partial charge on any atom is 0.239 e. The second-order valence-electron chi connectivity index (χ2n) is 5.64. The number of carbonyl (C=O) groups is 1. The lowest BCUT2D eigenvalue weighted by molar-refractivity contribution is -0.124. The molecule has 0 radical (unpaired) electrons. The Balaban J connectivity index is 1.85. The van der Waals surface area contributed by atoms with Crippen LogP contribution in [0.2, 0.25) is 0 Å². The lowest BCUT2D eigenvalue weighted by Gasteiger charge is -2.25. The molecule has 1 saturated heterocycles. The molecule has 116 valence electrons. The summed E-state index contributed by atoms with van der Waals surface area (Å²) in [5, 5.41) is 3.01. The van der Waals surface area contributed by atoms with Gasteiger partial charge in [0.2, 0.25) is 5.91 Å². The van der Waals surface area contributed by atoms with Crippen LogP contribution in [0.1, 0.15) is 24.9 Å². The highest BCUT2D eigenvalue weighted by atomic mass is 16.5. The van der Waals surface area contributed by atoms with Crippen LogP contribution in [0, 0.1) is 0 Å². The Bertz CT molecular complexity index is 452. The lowest BCUT2D eigenvalue weighted by atomic mass is 10.1. The smallest absolute Gasteiger partial charge is 0.239 e. The van der Waals surface area contributed by atoms with E-state index in [0.29, 0.717) is 6.04 Å². The van der Waals surface area contributed by atoms with E-state index >= 15 is 0 Å². The SMILES string of the molecule is COCC(N)C(=O)NC1CCN(C(C)c2ccccc2)C1. The Kier molecular flexibility index (Phi) is 5.73. The molecule has 1 fully saturated rings. The Hall–Kier alpha value is -1.43. The number of nitrogens with one attached hydrogen (secondary N) is 1. The van der Waals surface area contributed by atoms with Crippen molar-refractivity contribution in [3.63, 3.8) is 0 Å². The third-order valence-electron chi connectivity index (χ3n) is 4.08. The third kappa shape index (κ3) is 4.27. The van der Waals surface area contributed by atoms with Gasteiger partial charge in [-0.05, 0) is 18.9 Å². The molecule has 3 atom stereocenters. The van der Waals surface area contributed by atoms with E-state index in [2.05, 4.69) is 41.4 Å². The first-order valence-corrected chi connectivity index (χ1v) is 7.45. The van der Waals surface area contributed by atoms with Crippen LogP contribution in [0.15, 0.2) is 30.3 Å². The van der Waals surface area contributed by atoms with E-state index in [1.165, 1.54) is 5.56 Å². The summed E-state index contributed by atoms with van der Waals surface area (Å²) in [6.45, 7) is 4.31. The zero-order valence-electron chi connectivity index (χ0n) is 12.8. The van der Waals surface area contributed by atoms with Crippen LogP contribution in [0.5, 0.6) is 0 Å². The zero-order valence-corrected chi connectivity index (χ0v) is 12.8. The largest absolute Gasteiger partial charge is 0.383 e. The molecule has 1 heterocycles. The number of nitrogens with two attached hydrogens (primary N) is 1. The topological polar surface area (TPSA) is 67.6 Å². The molecular formula is C16H25N3O2. The number of hydrogen-bond acceptors (Lipinski definition) is 4. The van der Waals surface area contributed by atoms with Crippen molar-refractivity contribution in [2.45, 2.75) is 31.5 Å². The van der Waals surface area contributed by atoms with E-state index in [-0.39, 0.29) is 18.6 Å². The van der Waals surface area contributed by atoms with Gasteiger partial charge in [0, 0.05) is 32.3 Å². The standard InChI is InChI=1S/C16H25N3O2/c1-12(13-6-4-3-5-7-13)19-9-8-14(10-19)18-16(20)15(17)11-21-2/h3-7,12,14-15H,8-11,17H2,1-2H3,(H,18,20). The molecule has 21 heavy (non-hydrogen) atoms. The normalized spacial score (nSPS) is 22.0. The summed E-state index contributed by atoms with van der Waals surface area (Å²) in [6.07, 6.45) is 0.961. The molecule has 1 aliphatic heterocycles. The van der Waals surface area contributed by atoms with Gasteiger partial charge in [0.1, 0.15) is 6.04 Å². The monoisotopic (exact) mass is 291 g/mol. The first kappa shape index (κ1) is 15.9. The van der Waals surface area contributed by atoms with Gasteiger partial charge in [0.05, 0.1) is 6.61 Å². The molecule has 3 N–H and O–H groups in total. The van der Waals surface area contributed by atoms with Crippen molar-refractivity contribution in [1.82, 2.24) is 10.2 Å². The average molecular weight is 291 g/mol. The maximum atomic E-state index is 11.9. The number of carbonyl (C=O) groups excluding carboxylic acids is 1.